The van der Waals surface area contributed by atoms with Gasteiger partial charge in [0, 0.05) is 40.9 Å². The van der Waals surface area contributed by atoms with Crippen molar-refractivity contribution >= 4 is 57.4 Å². The molecule has 1 aromatic heterocycles. The number of nitrogens with one attached hydrogen (secondary N) is 1. The Balaban J connectivity index is 1.24. The van der Waals surface area contributed by atoms with E-state index in [4.69, 9.17) is 33.7 Å². The monoisotopic (exact) mass is 504 g/mol. The molecule has 1 saturated heterocycles. The Morgan fingerprint density at radius 3 is 2.39 bits per heavy atom. The van der Waals surface area contributed by atoms with Gasteiger partial charge in [0.15, 0.2) is 5.13 Å². The van der Waals surface area contributed by atoms with Crippen LogP contribution >= 0.6 is 34.5 Å². The number of thiazole rings is 1. The zero-order chi connectivity index (χ0) is 23.4. The summed E-state index contributed by atoms with van der Waals surface area (Å²) in [4.78, 5) is 31.7. The van der Waals surface area contributed by atoms with Crippen molar-refractivity contribution in [1.29, 1.82) is 0 Å². The highest BCUT2D eigenvalue weighted by Crippen LogP contribution is 2.28. The van der Waals surface area contributed by atoms with Crippen molar-refractivity contribution in [3.05, 3.63) is 64.3 Å². The van der Waals surface area contributed by atoms with E-state index in [2.05, 4.69) is 10.3 Å². The fraction of sp³-hybridized carbons (Fsp3) is 0.261. The highest BCUT2D eigenvalue weighted by Gasteiger charge is 2.28. The summed E-state index contributed by atoms with van der Waals surface area (Å²) in [6, 6.07) is 12.6. The molecule has 0 atom stereocenters. The fourth-order valence-corrected chi connectivity index (χ4v) is 4.90. The van der Waals surface area contributed by atoms with Crippen molar-refractivity contribution < 1.29 is 14.3 Å². The highest BCUT2D eigenvalue weighted by molar-refractivity contribution is 7.18. The maximum atomic E-state index is 12.7. The second kappa shape index (κ2) is 10.4. The summed E-state index contributed by atoms with van der Waals surface area (Å²) in [5.41, 5.74) is 8.13. The lowest BCUT2D eigenvalue weighted by atomic mass is 9.96. The number of nitrogens with two attached hydrogens (primary N) is 1. The molecule has 7 nitrogen and oxygen atoms in total. The van der Waals surface area contributed by atoms with Gasteiger partial charge in [0.2, 0.25) is 5.91 Å². The SMILES string of the molecule is Nc1ncc(-c2ccc(NC(=O)C3CCN(C(=O)OCc4cc(Cl)cc(Cl)c4)CC3)cc2)s1. The molecule has 0 radical (unpaired) electrons. The van der Waals surface area contributed by atoms with Crippen molar-refractivity contribution in [3.63, 3.8) is 0 Å². The molecule has 1 fully saturated rings. The molecule has 2 aromatic carbocycles. The lowest BCUT2D eigenvalue weighted by Crippen LogP contribution is -2.41. The number of piperidine rings is 1. The minimum absolute atomic E-state index is 0.0497. The predicted octanol–water partition coefficient (Wildman–Crippen LogP) is 5.69. The summed E-state index contributed by atoms with van der Waals surface area (Å²) in [5.74, 6) is -0.215. The van der Waals surface area contributed by atoms with Gasteiger partial charge in [-0.1, -0.05) is 46.7 Å². The van der Waals surface area contributed by atoms with Gasteiger partial charge < -0.3 is 20.7 Å². The van der Waals surface area contributed by atoms with E-state index < -0.39 is 6.09 Å². The fourth-order valence-electron chi connectivity index (χ4n) is 3.64. The molecule has 0 aliphatic carbocycles. The lowest BCUT2D eigenvalue weighted by Gasteiger charge is -2.30. The number of hydrogen-bond donors (Lipinski definition) is 2. The molecule has 0 saturated carbocycles. The van der Waals surface area contributed by atoms with E-state index in [1.165, 1.54) is 11.3 Å². The van der Waals surface area contributed by atoms with Gasteiger partial charge in [-0.15, -0.1) is 0 Å². The zero-order valence-corrected chi connectivity index (χ0v) is 19.9. The number of aromatic nitrogens is 1. The molecule has 0 bridgehead atoms. The summed E-state index contributed by atoms with van der Waals surface area (Å²) in [7, 11) is 0. The third-order valence-electron chi connectivity index (χ3n) is 5.37. The van der Waals surface area contributed by atoms with Crippen molar-refractivity contribution in [1.82, 2.24) is 9.88 Å². The van der Waals surface area contributed by atoms with E-state index in [0.29, 0.717) is 41.1 Å². The Morgan fingerprint density at radius 2 is 1.79 bits per heavy atom. The molecule has 0 spiro atoms. The van der Waals surface area contributed by atoms with E-state index >= 15 is 0 Å². The summed E-state index contributed by atoms with van der Waals surface area (Å²) in [6.07, 6.45) is 2.46. The number of halogens is 2. The summed E-state index contributed by atoms with van der Waals surface area (Å²) >= 11 is 13.4. The van der Waals surface area contributed by atoms with Crippen molar-refractivity contribution in [2.75, 3.05) is 24.1 Å². The van der Waals surface area contributed by atoms with E-state index in [1.54, 1.807) is 29.3 Å². The summed E-state index contributed by atoms with van der Waals surface area (Å²) < 4.78 is 5.38. The Hall–Kier alpha value is -2.81. The number of nitrogens with zero attached hydrogens (tertiary/aromatic N) is 2. The van der Waals surface area contributed by atoms with Crippen LogP contribution in [0.4, 0.5) is 15.6 Å². The molecule has 172 valence electrons. The van der Waals surface area contributed by atoms with Crippen LogP contribution in [0.15, 0.2) is 48.7 Å². The van der Waals surface area contributed by atoms with Gasteiger partial charge in [0.25, 0.3) is 0 Å². The Labute approximate surface area is 205 Å². The number of amides is 2. The second-order valence-corrected chi connectivity index (χ2v) is 9.66. The number of hydrogen-bond acceptors (Lipinski definition) is 6. The largest absolute Gasteiger partial charge is 0.445 e. The van der Waals surface area contributed by atoms with Crippen LogP contribution in [0.5, 0.6) is 0 Å². The normalized spacial score (nSPS) is 14.2. The van der Waals surface area contributed by atoms with Gasteiger partial charge in [-0.3, -0.25) is 4.79 Å². The number of ether oxygens (including phenoxy) is 1. The number of likely N-dealkylation sites (tertiary alicyclic amines) is 1. The first-order valence-electron chi connectivity index (χ1n) is 10.4. The van der Waals surface area contributed by atoms with Crippen LogP contribution in [-0.4, -0.2) is 35.0 Å². The number of benzene rings is 2. The number of carbonyl (C=O) groups is 2. The second-order valence-electron chi connectivity index (χ2n) is 7.72. The Morgan fingerprint density at radius 1 is 1.12 bits per heavy atom. The standard InChI is InChI=1S/C23H22Cl2N4O3S/c24-17-9-14(10-18(25)11-17)13-32-23(31)29-7-5-16(6-8-29)21(30)28-19-3-1-15(2-4-19)20-12-27-22(26)33-20/h1-4,9-12,16H,5-8,13H2,(H2,26,27)(H,28,30). The van der Waals surface area contributed by atoms with Crippen LogP contribution in [0, 0.1) is 5.92 Å². The van der Waals surface area contributed by atoms with Gasteiger partial charge in [-0.05, 0) is 54.3 Å². The maximum Gasteiger partial charge on any atom is 0.410 e. The Bertz CT molecular complexity index is 1120. The molecular formula is C23H22Cl2N4O3S. The third-order valence-corrected chi connectivity index (χ3v) is 6.68. The minimum Gasteiger partial charge on any atom is -0.445 e. The van der Waals surface area contributed by atoms with Crippen LogP contribution < -0.4 is 11.1 Å². The highest BCUT2D eigenvalue weighted by atomic mass is 35.5. The van der Waals surface area contributed by atoms with Crippen molar-refractivity contribution in [3.8, 4) is 10.4 Å². The zero-order valence-electron chi connectivity index (χ0n) is 17.6. The molecule has 2 amide bonds. The lowest BCUT2D eigenvalue weighted by molar-refractivity contribution is -0.121. The first kappa shape index (κ1) is 23.4. The molecule has 1 aliphatic heterocycles. The number of rotatable bonds is 5. The smallest absolute Gasteiger partial charge is 0.410 e. The topological polar surface area (TPSA) is 97.5 Å². The number of anilines is 2. The molecular weight excluding hydrogens is 483 g/mol. The first-order valence-corrected chi connectivity index (χ1v) is 11.9. The van der Waals surface area contributed by atoms with Crippen LogP contribution in [0.2, 0.25) is 10.0 Å². The molecule has 33 heavy (non-hydrogen) atoms. The van der Waals surface area contributed by atoms with Gasteiger partial charge in [-0.25, -0.2) is 9.78 Å². The average Bonchev–Trinajstić information content (AvgIpc) is 3.23. The number of carbonyl (C=O) groups excluding carboxylic acids is 2. The molecule has 2 heterocycles. The third kappa shape index (κ3) is 6.16. The Kier molecular flexibility index (Phi) is 7.37. The maximum absolute atomic E-state index is 12.7. The molecule has 0 unspecified atom stereocenters. The van der Waals surface area contributed by atoms with Crippen LogP contribution in [0.3, 0.4) is 0 Å². The van der Waals surface area contributed by atoms with E-state index in [9.17, 15) is 9.59 Å². The van der Waals surface area contributed by atoms with Crippen LogP contribution in [0.25, 0.3) is 10.4 Å². The van der Waals surface area contributed by atoms with Crippen LogP contribution in [0.1, 0.15) is 18.4 Å². The first-order chi connectivity index (χ1) is 15.9. The van der Waals surface area contributed by atoms with Crippen molar-refractivity contribution in [2.24, 2.45) is 5.92 Å². The molecule has 10 heteroatoms. The van der Waals surface area contributed by atoms with E-state index in [0.717, 1.165) is 21.7 Å². The van der Waals surface area contributed by atoms with Gasteiger partial charge in [-0.2, -0.15) is 0 Å². The summed E-state index contributed by atoms with van der Waals surface area (Å²) in [5, 5.41) is 4.46. The van der Waals surface area contributed by atoms with Crippen LogP contribution in [-0.2, 0) is 16.1 Å². The predicted molar refractivity (Wildman–Crippen MR) is 132 cm³/mol. The van der Waals surface area contributed by atoms with Crippen molar-refractivity contribution in [2.45, 2.75) is 19.4 Å². The van der Waals surface area contributed by atoms with E-state index in [-0.39, 0.29) is 18.4 Å². The molecule has 4 rings (SSSR count). The number of nitrogen functional groups attached to an aromatic ring is 1. The average molecular weight is 505 g/mol. The van der Waals surface area contributed by atoms with Gasteiger partial charge in [0.05, 0.1) is 4.88 Å². The molecule has 1 aliphatic rings. The van der Waals surface area contributed by atoms with Gasteiger partial charge >= 0.3 is 6.09 Å². The van der Waals surface area contributed by atoms with E-state index in [1.807, 2.05) is 24.3 Å². The quantitative estimate of drug-likeness (QED) is 0.465. The summed E-state index contributed by atoms with van der Waals surface area (Å²) in [6.45, 7) is 1.00. The van der Waals surface area contributed by atoms with Gasteiger partial charge in [0.1, 0.15) is 6.61 Å². The molecule has 3 N–H and O–H groups in total. The minimum atomic E-state index is -0.413. The molecule has 3 aromatic rings.